The number of benzene rings is 1. The van der Waals surface area contributed by atoms with Crippen molar-refractivity contribution in [3.05, 3.63) is 35.1 Å². The molecule has 1 fully saturated rings. The standard InChI is InChI=1S/C16H21F4N3O2/c17-13-2-1-12(14(9-13)16(18,19)20)10-21-15(25)11-23-5-3-22(4-6-23)7-8-24/h1-2,9,24H,3-8,10-11H2,(H,21,25). The van der Waals surface area contributed by atoms with Crippen LogP contribution in [0.25, 0.3) is 0 Å². The van der Waals surface area contributed by atoms with Gasteiger partial charge in [-0.1, -0.05) is 6.07 Å². The molecular weight excluding hydrogens is 342 g/mol. The molecule has 1 aromatic carbocycles. The van der Waals surface area contributed by atoms with Gasteiger partial charge >= 0.3 is 6.18 Å². The molecule has 5 nitrogen and oxygen atoms in total. The van der Waals surface area contributed by atoms with E-state index in [0.29, 0.717) is 25.7 Å². The van der Waals surface area contributed by atoms with Gasteiger partial charge in [0.05, 0.1) is 18.7 Å². The first kappa shape index (κ1) is 19.6. The van der Waals surface area contributed by atoms with Crippen molar-refractivity contribution in [3.8, 4) is 0 Å². The average molecular weight is 363 g/mol. The van der Waals surface area contributed by atoms with Crippen LogP contribution in [0.15, 0.2) is 18.2 Å². The minimum atomic E-state index is -4.68. The number of hydrogen-bond acceptors (Lipinski definition) is 4. The Hall–Kier alpha value is -1.71. The van der Waals surface area contributed by atoms with Gasteiger partial charge < -0.3 is 10.4 Å². The SMILES string of the molecule is O=C(CN1CCN(CCO)CC1)NCc1ccc(F)cc1C(F)(F)F. The van der Waals surface area contributed by atoms with E-state index in [1.165, 1.54) is 0 Å². The van der Waals surface area contributed by atoms with Crippen molar-refractivity contribution in [2.75, 3.05) is 45.9 Å². The van der Waals surface area contributed by atoms with Crippen molar-refractivity contribution in [2.45, 2.75) is 12.7 Å². The highest BCUT2D eigenvalue weighted by Gasteiger charge is 2.33. The van der Waals surface area contributed by atoms with E-state index in [1.54, 1.807) is 0 Å². The van der Waals surface area contributed by atoms with Crippen LogP contribution >= 0.6 is 0 Å². The van der Waals surface area contributed by atoms with Crippen molar-refractivity contribution < 1.29 is 27.5 Å². The molecule has 9 heteroatoms. The summed E-state index contributed by atoms with van der Waals surface area (Å²) in [5.74, 6) is -1.35. The Balaban J connectivity index is 1.85. The van der Waals surface area contributed by atoms with Gasteiger partial charge in [-0.25, -0.2) is 4.39 Å². The second-order valence-corrected chi connectivity index (χ2v) is 5.92. The Morgan fingerprint density at radius 1 is 1.16 bits per heavy atom. The highest BCUT2D eigenvalue weighted by molar-refractivity contribution is 5.78. The van der Waals surface area contributed by atoms with Crippen molar-refractivity contribution >= 4 is 5.91 Å². The van der Waals surface area contributed by atoms with E-state index in [1.807, 2.05) is 4.90 Å². The zero-order valence-corrected chi connectivity index (χ0v) is 13.7. The van der Waals surface area contributed by atoms with Crippen molar-refractivity contribution in [1.82, 2.24) is 15.1 Å². The molecule has 0 saturated carbocycles. The highest BCUT2D eigenvalue weighted by Crippen LogP contribution is 2.32. The first-order valence-corrected chi connectivity index (χ1v) is 7.97. The Morgan fingerprint density at radius 3 is 2.40 bits per heavy atom. The summed E-state index contributed by atoms with van der Waals surface area (Å²) >= 11 is 0. The topological polar surface area (TPSA) is 55.8 Å². The highest BCUT2D eigenvalue weighted by atomic mass is 19.4. The average Bonchev–Trinajstić information content (AvgIpc) is 2.55. The minimum absolute atomic E-state index is 0.0830. The van der Waals surface area contributed by atoms with Gasteiger partial charge in [0.2, 0.25) is 5.91 Å². The molecule has 140 valence electrons. The maximum Gasteiger partial charge on any atom is 0.416 e. The third-order valence-corrected chi connectivity index (χ3v) is 4.10. The van der Waals surface area contributed by atoms with Crippen molar-refractivity contribution in [1.29, 1.82) is 0 Å². The molecule has 1 aliphatic rings. The van der Waals surface area contributed by atoms with Gasteiger partial charge in [-0.15, -0.1) is 0 Å². The molecule has 0 unspecified atom stereocenters. The molecule has 0 atom stereocenters. The summed E-state index contributed by atoms with van der Waals surface area (Å²) in [5.41, 5.74) is -1.25. The lowest BCUT2D eigenvalue weighted by Gasteiger charge is -2.33. The van der Waals surface area contributed by atoms with E-state index >= 15 is 0 Å². The third kappa shape index (κ3) is 5.94. The van der Waals surface area contributed by atoms with Gasteiger partial charge in [0, 0.05) is 39.3 Å². The number of carbonyl (C=O) groups excluding carboxylic acids is 1. The predicted octanol–water partition coefficient (Wildman–Crippen LogP) is 1.07. The van der Waals surface area contributed by atoms with Crippen LogP contribution in [0.5, 0.6) is 0 Å². The van der Waals surface area contributed by atoms with Gasteiger partial charge in [0.1, 0.15) is 5.82 Å². The van der Waals surface area contributed by atoms with Gasteiger partial charge in [0.25, 0.3) is 0 Å². The fourth-order valence-electron chi connectivity index (χ4n) is 2.73. The zero-order chi connectivity index (χ0) is 18.4. The summed E-state index contributed by atoms with van der Waals surface area (Å²) in [6.45, 7) is 3.21. The first-order valence-electron chi connectivity index (χ1n) is 7.97. The predicted molar refractivity (Wildman–Crippen MR) is 83.2 cm³/mol. The Kier molecular flexibility index (Phi) is 6.74. The molecule has 0 bridgehead atoms. The summed E-state index contributed by atoms with van der Waals surface area (Å²) in [4.78, 5) is 15.9. The van der Waals surface area contributed by atoms with E-state index in [0.717, 1.165) is 25.2 Å². The molecule has 25 heavy (non-hydrogen) atoms. The number of rotatable bonds is 6. The van der Waals surface area contributed by atoms with Crippen LogP contribution in [0.3, 0.4) is 0 Å². The molecule has 2 N–H and O–H groups in total. The summed E-state index contributed by atoms with van der Waals surface area (Å²) in [5, 5.41) is 11.3. The lowest BCUT2D eigenvalue weighted by Crippen LogP contribution is -2.49. The number of carbonyl (C=O) groups is 1. The number of aliphatic hydroxyl groups is 1. The molecule has 0 aliphatic carbocycles. The Morgan fingerprint density at radius 2 is 1.80 bits per heavy atom. The Labute approximate surface area is 143 Å². The number of alkyl halides is 3. The van der Waals surface area contributed by atoms with E-state index < -0.39 is 17.6 Å². The number of β-amino-alcohol motifs (C(OH)–C–C–N with tert-alkyl or cyclic N) is 1. The fraction of sp³-hybridized carbons (Fsp3) is 0.562. The largest absolute Gasteiger partial charge is 0.416 e. The number of halogens is 4. The maximum absolute atomic E-state index is 13.1. The number of nitrogens with zero attached hydrogens (tertiary/aromatic N) is 2. The second kappa shape index (κ2) is 8.59. The van der Waals surface area contributed by atoms with E-state index in [4.69, 9.17) is 5.11 Å². The van der Waals surface area contributed by atoms with E-state index in [2.05, 4.69) is 10.2 Å². The molecule has 1 aliphatic heterocycles. The number of piperazine rings is 1. The molecular formula is C16H21F4N3O2. The normalized spacial score (nSPS) is 16.8. The van der Waals surface area contributed by atoms with Crippen LogP contribution in [0.2, 0.25) is 0 Å². The molecule has 1 saturated heterocycles. The van der Waals surface area contributed by atoms with E-state index in [-0.39, 0.29) is 31.2 Å². The lowest BCUT2D eigenvalue weighted by molar-refractivity contribution is -0.138. The second-order valence-electron chi connectivity index (χ2n) is 5.92. The number of aliphatic hydroxyl groups excluding tert-OH is 1. The fourth-order valence-corrected chi connectivity index (χ4v) is 2.73. The van der Waals surface area contributed by atoms with Gasteiger partial charge in [-0.2, -0.15) is 13.2 Å². The zero-order valence-electron chi connectivity index (χ0n) is 13.7. The monoisotopic (exact) mass is 363 g/mol. The van der Waals surface area contributed by atoms with Crippen LogP contribution in [0, 0.1) is 5.82 Å². The van der Waals surface area contributed by atoms with Crippen LogP contribution in [0.4, 0.5) is 17.6 Å². The van der Waals surface area contributed by atoms with E-state index in [9.17, 15) is 22.4 Å². The van der Waals surface area contributed by atoms with Crippen LogP contribution < -0.4 is 5.32 Å². The molecule has 0 aromatic heterocycles. The summed E-state index contributed by atoms with van der Waals surface area (Å²) in [6, 6.07) is 2.41. The van der Waals surface area contributed by atoms with Crippen molar-refractivity contribution in [3.63, 3.8) is 0 Å². The quantitative estimate of drug-likeness (QED) is 0.743. The summed E-state index contributed by atoms with van der Waals surface area (Å²) in [6.07, 6.45) is -4.68. The number of hydrogen-bond donors (Lipinski definition) is 2. The van der Waals surface area contributed by atoms with Gasteiger partial charge in [-0.3, -0.25) is 14.6 Å². The molecule has 1 amide bonds. The summed E-state index contributed by atoms with van der Waals surface area (Å²) in [7, 11) is 0. The van der Waals surface area contributed by atoms with Crippen molar-refractivity contribution in [2.24, 2.45) is 0 Å². The molecule has 0 spiro atoms. The Bertz CT molecular complexity index is 587. The lowest BCUT2D eigenvalue weighted by atomic mass is 10.1. The van der Waals surface area contributed by atoms with Gasteiger partial charge in [-0.05, 0) is 17.7 Å². The molecule has 1 heterocycles. The molecule has 1 aromatic rings. The minimum Gasteiger partial charge on any atom is -0.395 e. The van der Waals surface area contributed by atoms with Gasteiger partial charge in [0.15, 0.2) is 0 Å². The number of nitrogens with one attached hydrogen (secondary N) is 1. The third-order valence-electron chi connectivity index (χ3n) is 4.10. The van der Waals surface area contributed by atoms with Crippen LogP contribution in [-0.4, -0.2) is 66.7 Å². The van der Waals surface area contributed by atoms with Crippen LogP contribution in [-0.2, 0) is 17.5 Å². The smallest absolute Gasteiger partial charge is 0.395 e. The molecule has 0 radical (unpaired) electrons. The number of amides is 1. The maximum atomic E-state index is 13.1. The molecule has 2 rings (SSSR count). The first-order chi connectivity index (χ1) is 11.8. The van der Waals surface area contributed by atoms with Crippen LogP contribution in [0.1, 0.15) is 11.1 Å². The summed E-state index contributed by atoms with van der Waals surface area (Å²) < 4.78 is 51.8.